The van der Waals surface area contributed by atoms with Gasteiger partial charge in [0, 0.05) is 19.4 Å². The molecule has 2 fully saturated rings. The topological polar surface area (TPSA) is 95.9 Å². The Hall–Kier alpha value is -1.93. The van der Waals surface area contributed by atoms with Crippen molar-refractivity contribution in [3.63, 3.8) is 0 Å². The summed E-state index contributed by atoms with van der Waals surface area (Å²) in [4.78, 5) is 37.4. The molecule has 2 aliphatic rings. The normalized spacial score (nSPS) is 25.2. The van der Waals surface area contributed by atoms with Crippen molar-refractivity contribution >= 4 is 18.0 Å². The van der Waals surface area contributed by atoms with E-state index in [0.29, 0.717) is 0 Å². The molecule has 2 amide bonds. The Morgan fingerprint density at radius 1 is 1.19 bits per heavy atom. The van der Waals surface area contributed by atoms with Gasteiger partial charge in [0.25, 0.3) is 0 Å². The molecule has 7 nitrogen and oxygen atoms in total. The summed E-state index contributed by atoms with van der Waals surface area (Å²) < 4.78 is 31.6. The van der Waals surface area contributed by atoms with E-state index in [9.17, 15) is 28.3 Å². The van der Waals surface area contributed by atoms with Gasteiger partial charge in [0.15, 0.2) is 0 Å². The largest absolute Gasteiger partial charge is 0.480 e. The molecule has 26 heavy (non-hydrogen) atoms. The van der Waals surface area contributed by atoms with Crippen molar-refractivity contribution in [2.75, 3.05) is 13.7 Å². The molecule has 0 aromatic carbocycles. The monoisotopic (exact) mass is 376 g/mol. The van der Waals surface area contributed by atoms with Gasteiger partial charge >= 0.3 is 12.1 Å². The van der Waals surface area contributed by atoms with Gasteiger partial charge in [-0.1, -0.05) is 13.8 Å². The number of likely N-dealkylation sites (tertiary alicyclic amines) is 1. The van der Waals surface area contributed by atoms with E-state index in [1.807, 2.05) is 0 Å². The number of hydrogen-bond acceptors (Lipinski definition) is 4. The summed E-state index contributed by atoms with van der Waals surface area (Å²) in [5.41, 5.74) is -0.604. The fourth-order valence-electron chi connectivity index (χ4n) is 3.90. The molecule has 2 atom stereocenters. The second-order valence-corrected chi connectivity index (χ2v) is 7.74. The Morgan fingerprint density at radius 2 is 1.77 bits per heavy atom. The minimum Gasteiger partial charge on any atom is -0.480 e. The van der Waals surface area contributed by atoms with Crippen LogP contribution in [0.5, 0.6) is 0 Å². The number of alkyl carbamates (subject to hydrolysis) is 1. The van der Waals surface area contributed by atoms with Gasteiger partial charge in [-0.05, 0) is 30.6 Å². The molecule has 1 spiro atoms. The molecule has 0 unspecified atom stereocenters. The van der Waals surface area contributed by atoms with E-state index in [1.54, 1.807) is 13.8 Å². The van der Waals surface area contributed by atoms with Crippen LogP contribution >= 0.6 is 0 Å². The number of ether oxygens (including phenoxy) is 1. The average Bonchev–Trinajstić information content (AvgIpc) is 2.95. The number of nitrogens with one attached hydrogen (secondary N) is 1. The van der Waals surface area contributed by atoms with Crippen LogP contribution in [0.2, 0.25) is 0 Å². The molecule has 1 aliphatic carbocycles. The lowest BCUT2D eigenvalue weighted by molar-refractivity contribution is -0.149. The molecule has 9 heteroatoms. The molecule has 0 bridgehead atoms. The number of amides is 2. The highest BCUT2D eigenvalue weighted by Crippen LogP contribution is 2.50. The van der Waals surface area contributed by atoms with Gasteiger partial charge in [-0.3, -0.25) is 4.79 Å². The van der Waals surface area contributed by atoms with E-state index >= 15 is 0 Å². The Labute approximate surface area is 151 Å². The fraction of sp³-hybridized carbons (Fsp3) is 0.824. The second-order valence-electron chi connectivity index (χ2n) is 7.74. The number of carbonyl (C=O) groups is 3. The SMILES string of the molecule is COC(=O)N[C@H](C(=O)N1CC2(CCC(F)(F)CC2)C[C@H]1C(=O)O)C(C)C. The van der Waals surface area contributed by atoms with Crippen LogP contribution in [0, 0.1) is 11.3 Å². The number of rotatable bonds is 4. The predicted molar refractivity (Wildman–Crippen MR) is 87.8 cm³/mol. The summed E-state index contributed by atoms with van der Waals surface area (Å²) in [6, 6.07) is -2.01. The van der Waals surface area contributed by atoms with Crippen molar-refractivity contribution in [1.82, 2.24) is 10.2 Å². The van der Waals surface area contributed by atoms with E-state index in [4.69, 9.17) is 0 Å². The zero-order valence-electron chi connectivity index (χ0n) is 15.3. The number of halogens is 2. The first kappa shape index (κ1) is 20.4. The first-order valence-electron chi connectivity index (χ1n) is 8.76. The molecule has 0 aromatic rings. The van der Waals surface area contributed by atoms with Gasteiger partial charge in [0.1, 0.15) is 12.1 Å². The number of carbonyl (C=O) groups excluding carboxylic acids is 2. The van der Waals surface area contributed by atoms with Gasteiger partial charge in [-0.25, -0.2) is 18.4 Å². The summed E-state index contributed by atoms with van der Waals surface area (Å²) in [5, 5.41) is 12.0. The minimum absolute atomic E-state index is 0.116. The number of nitrogens with zero attached hydrogens (tertiary/aromatic N) is 1. The van der Waals surface area contributed by atoms with Crippen LogP contribution in [0.15, 0.2) is 0 Å². The van der Waals surface area contributed by atoms with Gasteiger partial charge in [-0.2, -0.15) is 0 Å². The molecule has 2 N–H and O–H groups in total. The Bertz CT molecular complexity index is 572. The zero-order chi connectivity index (χ0) is 19.7. The van der Waals surface area contributed by atoms with Crippen molar-refractivity contribution in [2.24, 2.45) is 11.3 Å². The molecule has 1 heterocycles. The lowest BCUT2D eigenvalue weighted by Gasteiger charge is -2.37. The third-order valence-corrected chi connectivity index (χ3v) is 5.51. The molecule has 1 saturated heterocycles. The Kier molecular flexibility index (Phi) is 5.77. The van der Waals surface area contributed by atoms with Crippen LogP contribution in [0.3, 0.4) is 0 Å². The molecule has 0 radical (unpaired) electrons. The number of carboxylic acids is 1. The van der Waals surface area contributed by atoms with E-state index in [0.717, 1.165) is 0 Å². The van der Waals surface area contributed by atoms with Gasteiger partial charge in [0.2, 0.25) is 11.8 Å². The van der Waals surface area contributed by atoms with E-state index < -0.39 is 41.4 Å². The van der Waals surface area contributed by atoms with Crippen molar-refractivity contribution in [1.29, 1.82) is 0 Å². The zero-order valence-corrected chi connectivity index (χ0v) is 15.3. The highest BCUT2D eigenvalue weighted by molar-refractivity contribution is 5.90. The smallest absolute Gasteiger partial charge is 0.407 e. The summed E-state index contributed by atoms with van der Waals surface area (Å²) >= 11 is 0. The number of alkyl halides is 2. The van der Waals surface area contributed by atoms with E-state index in [-0.39, 0.29) is 44.6 Å². The van der Waals surface area contributed by atoms with Crippen LogP contribution in [0.1, 0.15) is 46.0 Å². The second kappa shape index (κ2) is 7.36. The van der Waals surface area contributed by atoms with Gasteiger partial charge in [-0.15, -0.1) is 0 Å². The molecule has 0 aromatic heterocycles. The number of carboxylic acid groups (broad SMARTS) is 1. The van der Waals surface area contributed by atoms with E-state index in [2.05, 4.69) is 10.1 Å². The van der Waals surface area contributed by atoms with Crippen molar-refractivity contribution in [3.8, 4) is 0 Å². The molecule has 2 rings (SSSR count). The quantitative estimate of drug-likeness (QED) is 0.785. The first-order chi connectivity index (χ1) is 12.0. The van der Waals surface area contributed by atoms with Crippen molar-refractivity contribution in [2.45, 2.75) is 64.0 Å². The fourth-order valence-corrected chi connectivity index (χ4v) is 3.90. The maximum Gasteiger partial charge on any atom is 0.407 e. The predicted octanol–water partition coefficient (Wildman–Crippen LogP) is 2.25. The number of methoxy groups -OCH3 is 1. The van der Waals surface area contributed by atoms with Crippen LogP contribution in [-0.2, 0) is 14.3 Å². The Balaban J connectivity index is 2.21. The third-order valence-electron chi connectivity index (χ3n) is 5.51. The number of hydrogen-bond donors (Lipinski definition) is 2. The standard InChI is InChI=1S/C17H26F2N2O5/c1-10(2)12(20-15(25)26-3)13(22)21-9-16(8-11(21)14(23)24)4-6-17(18,19)7-5-16/h10-12H,4-9H2,1-3H3,(H,20,25)(H,23,24)/t11-,12-/m0/s1. The lowest BCUT2D eigenvalue weighted by atomic mass is 9.71. The Morgan fingerprint density at radius 3 is 2.23 bits per heavy atom. The third kappa shape index (κ3) is 4.24. The molecule has 1 aliphatic heterocycles. The molecular weight excluding hydrogens is 350 g/mol. The first-order valence-corrected chi connectivity index (χ1v) is 8.76. The van der Waals surface area contributed by atoms with Gasteiger partial charge in [0.05, 0.1) is 7.11 Å². The molecule has 148 valence electrons. The van der Waals surface area contributed by atoms with Crippen molar-refractivity contribution in [3.05, 3.63) is 0 Å². The summed E-state index contributed by atoms with van der Waals surface area (Å²) in [6.45, 7) is 3.56. The van der Waals surface area contributed by atoms with E-state index in [1.165, 1.54) is 12.0 Å². The van der Waals surface area contributed by atoms with Gasteiger partial charge < -0.3 is 20.1 Å². The summed E-state index contributed by atoms with van der Waals surface area (Å²) in [6.07, 6.45) is -0.845. The number of aliphatic carboxylic acids is 1. The van der Waals surface area contributed by atoms with Crippen LogP contribution < -0.4 is 5.32 Å². The van der Waals surface area contributed by atoms with Crippen LogP contribution in [0.4, 0.5) is 13.6 Å². The van der Waals surface area contributed by atoms with Crippen LogP contribution in [0.25, 0.3) is 0 Å². The van der Waals surface area contributed by atoms with Crippen LogP contribution in [-0.4, -0.2) is 59.6 Å². The highest BCUT2D eigenvalue weighted by Gasteiger charge is 2.53. The summed E-state index contributed by atoms with van der Waals surface area (Å²) in [7, 11) is 1.17. The minimum atomic E-state index is -2.73. The summed E-state index contributed by atoms with van der Waals surface area (Å²) in [5.74, 6) is -4.70. The lowest BCUT2D eigenvalue weighted by Crippen LogP contribution is -2.54. The molecular formula is C17H26F2N2O5. The molecule has 1 saturated carbocycles. The van der Waals surface area contributed by atoms with Crippen molar-refractivity contribution < 1.29 is 33.0 Å². The average molecular weight is 376 g/mol. The highest BCUT2D eigenvalue weighted by atomic mass is 19.3. The maximum absolute atomic E-state index is 13.5. The maximum atomic E-state index is 13.5.